The molecule has 0 aliphatic carbocycles. The molecule has 0 radical (unpaired) electrons. The molecule has 3 amide bonds. The first-order valence-electron chi connectivity index (χ1n) is 7.45. The number of rotatable bonds is 2. The minimum absolute atomic E-state index is 0.0548. The normalized spacial score (nSPS) is 18.8. The van der Waals surface area contributed by atoms with E-state index in [2.05, 4.69) is 16.4 Å². The van der Waals surface area contributed by atoms with Crippen LogP contribution in [-0.2, 0) is 11.2 Å². The predicted octanol–water partition coefficient (Wildman–Crippen LogP) is 1.67. The van der Waals surface area contributed by atoms with Crippen molar-refractivity contribution in [1.82, 2.24) is 15.2 Å². The van der Waals surface area contributed by atoms with Crippen LogP contribution in [0.1, 0.15) is 31.1 Å². The SMILES string of the molecule is C[C@H](NC(N)=O)C(=O)N1CCc2c([nH]c3ccccc23)[C@@H]1C. The van der Waals surface area contributed by atoms with E-state index in [1.165, 1.54) is 10.9 Å². The van der Waals surface area contributed by atoms with Crippen LogP contribution in [0.3, 0.4) is 0 Å². The Morgan fingerprint density at radius 3 is 2.86 bits per heavy atom. The number of nitrogens with one attached hydrogen (secondary N) is 2. The number of H-pyrrole nitrogens is 1. The highest BCUT2D eigenvalue weighted by molar-refractivity contribution is 5.88. The lowest BCUT2D eigenvalue weighted by atomic mass is 9.97. The number of hydrogen-bond acceptors (Lipinski definition) is 2. The standard InChI is InChI=1S/C16H20N4O2/c1-9(18-16(17)22)15(21)20-8-7-12-11-5-3-4-6-13(11)19-14(12)10(20)2/h3-6,9-10,19H,7-8H2,1-2H3,(H3,17,18,22)/t9-,10-/m0/s1. The average molecular weight is 300 g/mol. The summed E-state index contributed by atoms with van der Waals surface area (Å²) in [6, 6.07) is 6.81. The molecule has 1 aromatic carbocycles. The molecule has 1 aliphatic heterocycles. The maximum atomic E-state index is 12.5. The number of fused-ring (bicyclic) bond motifs is 3. The third-order valence-electron chi connectivity index (χ3n) is 4.35. The number of para-hydroxylation sites is 1. The van der Waals surface area contributed by atoms with Crippen molar-refractivity contribution in [2.75, 3.05) is 6.54 Å². The first kappa shape index (κ1) is 14.4. The van der Waals surface area contributed by atoms with Gasteiger partial charge in [0, 0.05) is 23.1 Å². The summed E-state index contributed by atoms with van der Waals surface area (Å²) in [5.41, 5.74) is 8.55. The molecular formula is C16H20N4O2. The molecule has 0 saturated heterocycles. The maximum absolute atomic E-state index is 12.5. The van der Waals surface area contributed by atoms with Gasteiger partial charge in [-0.3, -0.25) is 4.79 Å². The Morgan fingerprint density at radius 1 is 1.41 bits per heavy atom. The van der Waals surface area contributed by atoms with Crippen molar-refractivity contribution in [3.8, 4) is 0 Å². The van der Waals surface area contributed by atoms with Gasteiger partial charge in [0.25, 0.3) is 0 Å². The van der Waals surface area contributed by atoms with Crippen LogP contribution >= 0.6 is 0 Å². The van der Waals surface area contributed by atoms with Gasteiger partial charge in [-0.05, 0) is 31.9 Å². The summed E-state index contributed by atoms with van der Waals surface area (Å²) in [5, 5.41) is 3.67. The molecule has 2 atom stereocenters. The summed E-state index contributed by atoms with van der Waals surface area (Å²) in [7, 11) is 0. The molecule has 1 aromatic heterocycles. The van der Waals surface area contributed by atoms with E-state index in [-0.39, 0.29) is 11.9 Å². The zero-order valence-corrected chi connectivity index (χ0v) is 12.7. The quantitative estimate of drug-likeness (QED) is 0.787. The number of nitrogens with zero attached hydrogens (tertiary/aromatic N) is 1. The topological polar surface area (TPSA) is 91.2 Å². The summed E-state index contributed by atoms with van der Waals surface area (Å²) in [5.74, 6) is -0.115. The van der Waals surface area contributed by atoms with Gasteiger partial charge in [0.1, 0.15) is 6.04 Å². The summed E-state index contributed by atoms with van der Waals surface area (Å²) < 4.78 is 0. The van der Waals surface area contributed by atoms with Crippen molar-refractivity contribution in [2.24, 2.45) is 5.73 Å². The molecule has 0 saturated carbocycles. The Bertz CT molecular complexity index is 737. The lowest BCUT2D eigenvalue weighted by Gasteiger charge is -2.35. The van der Waals surface area contributed by atoms with Gasteiger partial charge in [-0.25, -0.2) is 4.79 Å². The number of hydrogen-bond donors (Lipinski definition) is 3. The number of primary amides is 1. The van der Waals surface area contributed by atoms with Crippen LogP contribution in [0.4, 0.5) is 4.79 Å². The van der Waals surface area contributed by atoms with Crippen LogP contribution in [0.15, 0.2) is 24.3 Å². The van der Waals surface area contributed by atoms with Crippen LogP contribution in [0.2, 0.25) is 0 Å². The van der Waals surface area contributed by atoms with Gasteiger partial charge in [0.2, 0.25) is 5.91 Å². The van der Waals surface area contributed by atoms with Crippen molar-refractivity contribution in [3.63, 3.8) is 0 Å². The van der Waals surface area contributed by atoms with Gasteiger partial charge in [-0.2, -0.15) is 0 Å². The second-order valence-electron chi connectivity index (χ2n) is 5.75. The summed E-state index contributed by atoms with van der Waals surface area (Å²) >= 11 is 0. The highest BCUT2D eigenvalue weighted by Gasteiger charge is 2.32. The maximum Gasteiger partial charge on any atom is 0.312 e. The fraction of sp³-hybridized carbons (Fsp3) is 0.375. The highest BCUT2D eigenvalue weighted by atomic mass is 16.2. The van der Waals surface area contributed by atoms with Gasteiger partial charge in [0.05, 0.1) is 6.04 Å². The zero-order chi connectivity index (χ0) is 15.9. The summed E-state index contributed by atoms with van der Waals surface area (Å²) in [4.78, 5) is 28.7. The molecule has 0 spiro atoms. The lowest BCUT2D eigenvalue weighted by Crippen LogP contribution is -2.50. The van der Waals surface area contributed by atoms with E-state index in [0.717, 1.165) is 17.6 Å². The average Bonchev–Trinajstić information content (AvgIpc) is 2.86. The van der Waals surface area contributed by atoms with Crippen molar-refractivity contribution in [1.29, 1.82) is 0 Å². The highest BCUT2D eigenvalue weighted by Crippen LogP contribution is 2.34. The second-order valence-corrected chi connectivity index (χ2v) is 5.75. The fourth-order valence-electron chi connectivity index (χ4n) is 3.25. The Morgan fingerprint density at radius 2 is 2.14 bits per heavy atom. The zero-order valence-electron chi connectivity index (χ0n) is 12.7. The minimum atomic E-state index is -0.684. The minimum Gasteiger partial charge on any atom is -0.356 e. The summed E-state index contributed by atoms with van der Waals surface area (Å²) in [6.45, 7) is 4.29. The first-order valence-corrected chi connectivity index (χ1v) is 7.45. The number of benzene rings is 1. The first-order chi connectivity index (χ1) is 10.5. The van der Waals surface area contributed by atoms with Gasteiger partial charge < -0.3 is 20.9 Å². The molecule has 3 rings (SSSR count). The molecule has 0 fully saturated rings. The molecule has 0 unspecified atom stereocenters. The molecule has 116 valence electrons. The Labute approximate surface area is 128 Å². The molecule has 6 heteroatoms. The largest absolute Gasteiger partial charge is 0.356 e. The van der Waals surface area contributed by atoms with E-state index in [9.17, 15) is 9.59 Å². The van der Waals surface area contributed by atoms with Crippen LogP contribution < -0.4 is 11.1 Å². The third kappa shape index (κ3) is 2.30. The number of urea groups is 1. The van der Waals surface area contributed by atoms with Crippen molar-refractivity contribution < 1.29 is 9.59 Å². The number of carbonyl (C=O) groups excluding carboxylic acids is 2. The molecule has 4 N–H and O–H groups in total. The van der Waals surface area contributed by atoms with Crippen molar-refractivity contribution >= 4 is 22.8 Å². The van der Waals surface area contributed by atoms with E-state index < -0.39 is 12.1 Å². The van der Waals surface area contributed by atoms with E-state index in [1.807, 2.05) is 25.1 Å². The molecule has 0 bridgehead atoms. The van der Waals surface area contributed by atoms with Crippen LogP contribution in [0, 0.1) is 0 Å². The predicted molar refractivity (Wildman–Crippen MR) is 84.3 cm³/mol. The Kier molecular flexibility index (Phi) is 3.52. The van der Waals surface area contributed by atoms with Crippen molar-refractivity contribution in [3.05, 3.63) is 35.5 Å². The Hall–Kier alpha value is -2.50. The van der Waals surface area contributed by atoms with Gasteiger partial charge in [-0.1, -0.05) is 18.2 Å². The third-order valence-corrected chi connectivity index (χ3v) is 4.35. The van der Waals surface area contributed by atoms with E-state index in [4.69, 9.17) is 5.73 Å². The molecule has 22 heavy (non-hydrogen) atoms. The number of carbonyl (C=O) groups is 2. The van der Waals surface area contributed by atoms with Crippen LogP contribution in [0.5, 0.6) is 0 Å². The second kappa shape index (κ2) is 5.36. The van der Waals surface area contributed by atoms with Crippen LogP contribution in [-0.4, -0.2) is 34.4 Å². The molecule has 2 heterocycles. The molecular weight excluding hydrogens is 280 g/mol. The number of amides is 3. The number of aromatic nitrogens is 1. The number of aromatic amines is 1. The fourth-order valence-corrected chi connectivity index (χ4v) is 3.25. The van der Waals surface area contributed by atoms with Gasteiger partial charge in [-0.15, -0.1) is 0 Å². The van der Waals surface area contributed by atoms with E-state index >= 15 is 0 Å². The number of nitrogens with two attached hydrogens (primary N) is 1. The monoisotopic (exact) mass is 300 g/mol. The molecule has 2 aromatic rings. The summed E-state index contributed by atoms with van der Waals surface area (Å²) in [6.07, 6.45) is 0.804. The van der Waals surface area contributed by atoms with Gasteiger partial charge in [0.15, 0.2) is 0 Å². The van der Waals surface area contributed by atoms with Crippen LogP contribution in [0.25, 0.3) is 10.9 Å². The lowest BCUT2D eigenvalue weighted by molar-refractivity contribution is -0.135. The van der Waals surface area contributed by atoms with E-state index in [0.29, 0.717) is 6.54 Å². The molecule has 1 aliphatic rings. The molecule has 6 nitrogen and oxygen atoms in total. The van der Waals surface area contributed by atoms with E-state index in [1.54, 1.807) is 11.8 Å². The van der Waals surface area contributed by atoms with Crippen molar-refractivity contribution in [2.45, 2.75) is 32.4 Å². The Balaban J connectivity index is 1.89. The van der Waals surface area contributed by atoms with Gasteiger partial charge >= 0.3 is 6.03 Å². The smallest absolute Gasteiger partial charge is 0.312 e.